The van der Waals surface area contributed by atoms with Gasteiger partial charge in [0.25, 0.3) is 0 Å². The molecule has 3 nitrogen and oxygen atoms in total. The summed E-state index contributed by atoms with van der Waals surface area (Å²) >= 11 is 3.19. The number of fused-ring (bicyclic) bond motifs is 1. The van der Waals surface area contributed by atoms with E-state index in [9.17, 15) is 13.2 Å². The molecule has 0 saturated carbocycles. The van der Waals surface area contributed by atoms with Crippen molar-refractivity contribution in [3.63, 3.8) is 0 Å². The van der Waals surface area contributed by atoms with Gasteiger partial charge in [0.1, 0.15) is 6.54 Å². The predicted octanol–water partition coefficient (Wildman–Crippen LogP) is 2.76. The number of alkyl halides is 3. The third-order valence-electron chi connectivity index (χ3n) is 1.85. The lowest BCUT2D eigenvalue weighted by Crippen LogP contribution is -2.18. The third-order valence-corrected chi connectivity index (χ3v) is 2.48. The van der Waals surface area contributed by atoms with E-state index in [-0.39, 0.29) is 0 Å². The molecular formula is C8H5BrF3N3. The van der Waals surface area contributed by atoms with Gasteiger partial charge in [-0.2, -0.15) is 18.3 Å². The Bertz CT molecular complexity index is 491. The van der Waals surface area contributed by atoms with Gasteiger partial charge in [0.2, 0.25) is 0 Å². The van der Waals surface area contributed by atoms with Gasteiger partial charge in [-0.25, -0.2) is 0 Å². The van der Waals surface area contributed by atoms with E-state index in [0.717, 1.165) is 4.68 Å². The molecule has 0 saturated heterocycles. The molecule has 0 atom stereocenters. The van der Waals surface area contributed by atoms with E-state index < -0.39 is 12.7 Å². The van der Waals surface area contributed by atoms with Crippen LogP contribution in [-0.2, 0) is 6.54 Å². The van der Waals surface area contributed by atoms with Crippen molar-refractivity contribution in [2.24, 2.45) is 0 Å². The molecule has 2 rings (SSSR count). The average molecular weight is 280 g/mol. The van der Waals surface area contributed by atoms with Crippen LogP contribution >= 0.6 is 15.9 Å². The van der Waals surface area contributed by atoms with Crippen molar-refractivity contribution in [1.82, 2.24) is 14.8 Å². The molecule has 2 aromatic rings. The molecule has 0 aliphatic heterocycles. The molecule has 0 amide bonds. The lowest BCUT2D eigenvalue weighted by Gasteiger charge is -2.06. The van der Waals surface area contributed by atoms with Crippen molar-refractivity contribution in [2.75, 3.05) is 0 Å². The quantitative estimate of drug-likeness (QED) is 0.804. The van der Waals surface area contributed by atoms with E-state index in [1.807, 2.05) is 0 Å². The summed E-state index contributed by atoms with van der Waals surface area (Å²) in [4.78, 5) is 3.80. The topological polar surface area (TPSA) is 30.7 Å². The van der Waals surface area contributed by atoms with Crippen LogP contribution in [0.5, 0.6) is 0 Å². The van der Waals surface area contributed by atoms with E-state index in [0.29, 0.717) is 15.4 Å². The smallest absolute Gasteiger partial charge is 0.261 e. The predicted molar refractivity (Wildman–Crippen MR) is 51.3 cm³/mol. The molecule has 0 radical (unpaired) electrons. The third kappa shape index (κ3) is 2.11. The van der Waals surface area contributed by atoms with Gasteiger partial charge in [0, 0.05) is 16.1 Å². The molecule has 0 fully saturated rings. The maximum atomic E-state index is 12.2. The van der Waals surface area contributed by atoms with Crippen LogP contribution in [0.2, 0.25) is 0 Å². The Kier molecular flexibility index (Phi) is 2.41. The maximum absolute atomic E-state index is 12.2. The molecule has 0 aliphatic carbocycles. The highest BCUT2D eigenvalue weighted by Crippen LogP contribution is 2.24. The first-order valence-corrected chi connectivity index (χ1v) is 4.78. The van der Waals surface area contributed by atoms with Crippen LogP contribution in [-0.4, -0.2) is 20.9 Å². The van der Waals surface area contributed by atoms with E-state index in [1.165, 1.54) is 18.6 Å². The second-order valence-corrected chi connectivity index (χ2v) is 3.83. The van der Waals surface area contributed by atoms with Gasteiger partial charge in [-0.1, -0.05) is 0 Å². The van der Waals surface area contributed by atoms with E-state index >= 15 is 0 Å². The Balaban J connectivity index is 2.50. The SMILES string of the molecule is FC(F)(F)Cn1ncc2c(Br)cncc21. The highest BCUT2D eigenvalue weighted by Gasteiger charge is 2.29. The Morgan fingerprint density at radius 1 is 1.27 bits per heavy atom. The second kappa shape index (κ2) is 3.48. The normalized spacial score (nSPS) is 12.3. The van der Waals surface area contributed by atoms with Crippen LogP contribution < -0.4 is 0 Å². The molecule has 0 aliphatic rings. The second-order valence-electron chi connectivity index (χ2n) is 2.97. The Hall–Kier alpha value is -1.11. The highest BCUT2D eigenvalue weighted by atomic mass is 79.9. The molecule has 2 heterocycles. The monoisotopic (exact) mass is 279 g/mol. The Labute approximate surface area is 91.0 Å². The molecule has 0 spiro atoms. The molecule has 80 valence electrons. The fourth-order valence-corrected chi connectivity index (χ4v) is 1.68. The molecule has 2 aromatic heterocycles. The molecule has 15 heavy (non-hydrogen) atoms. The van der Waals surface area contributed by atoms with Crippen molar-refractivity contribution < 1.29 is 13.2 Å². The van der Waals surface area contributed by atoms with E-state index in [1.54, 1.807) is 0 Å². The summed E-state index contributed by atoms with van der Waals surface area (Å²) < 4.78 is 38.0. The minimum atomic E-state index is -4.28. The Morgan fingerprint density at radius 3 is 2.67 bits per heavy atom. The first kappa shape index (κ1) is 10.4. The lowest BCUT2D eigenvalue weighted by atomic mass is 10.3. The molecule has 0 bridgehead atoms. The number of hydrogen-bond acceptors (Lipinski definition) is 2. The zero-order valence-corrected chi connectivity index (χ0v) is 8.88. The summed E-state index contributed by atoms with van der Waals surface area (Å²) in [5.41, 5.74) is 0.363. The zero-order valence-electron chi connectivity index (χ0n) is 7.29. The van der Waals surface area contributed by atoms with Crippen LogP contribution in [0.4, 0.5) is 13.2 Å². The summed E-state index contributed by atoms with van der Waals surface area (Å²) in [5, 5.41) is 4.29. The number of aromatic nitrogens is 3. The van der Waals surface area contributed by atoms with Gasteiger partial charge in [-0.15, -0.1) is 0 Å². The summed E-state index contributed by atoms with van der Waals surface area (Å²) in [6.07, 6.45) is -0.0190. The zero-order chi connectivity index (χ0) is 11.1. The molecule has 7 heteroatoms. The number of nitrogens with zero attached hydrogens (tertiary/aromatic N) is 3. The van der Waals surface area contributed by atoms with Gasteiger partial charge in [-0.3, -0.25) is 9.67 Å². The van der Waals surface area contributed by atoms with Crippen molar-refractivity contribution in [3.8, 4) is 0 Å². The summed E-state index contributed by atoms with van der Waals surface area (Å²) in [5.74, 6) is 0. The first-order valence-electron chi connectivity index (χ1n) is 3.99. The highest BCUT2D eigenvalue weighted by molar-refractivity contribution is 9.10. The van der Waals surface area contributed by atoms with Crippen molar-refractivity contribution in [2.45, 2.75) is 12.7 Å². The molecule has 0 aromatic carbocycles. The minimum absolute atomic E-state index is 0.363. The summed E-state index contributed by atoms with van der Waals surface area (Å²) in [7, 11) is 0. The van der Waals surface area contributed by atoms with Crippen molar-refractivity contribution in [3.05, 3.63) is 23.1 Å². The molecule has 0 unspecified atom stereocenters. The van der Waals surface area contributed by atoms with Gasteiger partial charge in [0.05, 0.1) is 17.9 Å². The van der Waals surface area contributed by atoms with Crippen LogP contribution in [0.15, 0.2) is 23.1 Å². The molecule has 0 N–H and O–H groups in total. The largest absolute Gasteiger partial charge is 0.408 e. The number of hydrogen-bond donors (Lipinski definition) is 0. The average Bonchev–Trinajstić information content (AvgIpc) is 2.48. The summed E-state index contributed by atoms with van der Waals surface area (Å²) in [6, 6.07) is 0. The van der Waals surface area contributed by atoms with Crippen LogP contribution in [0, 0.1) is 0 Å². The first-order chi connectivity index (χ1) is 6.97. The van der Waals surface area contributed by atoms with Crippen molar-refractivity contribution >= 4 is 26.8 Å². The minimum Gasteiger partial charge on any atom is -0.261 e. The summed E-state index contributed by atoms with van der Waals surface area (Å²) in [6.45, 7) is -1.10. The maximum Gasteiger partial charge on any atom is 0.408 e. The number of halogens is 4. The lowest BCUT2D eigenvalue weighted by molar-refractivity contribution is -0.141. The number of pyridine rings is 1. The standard InChI is InChI=1S/C8H5BrF3N3/c9-6-2-13-3-7-5(6)1-14-15(7)4-8(10,11)12/h1-3H,4H2. The van der Waals surface area contributed by atoms with Crippen LogP contribution in [0.3, 0.4) is 0 Å². The van der Waals surface area contributed by atoms with Crippen LogP contribution in [0.25, 0.3) is 10.9 Å². The van der Waals surface area contributed by atoms with Gasteiger partial charge in [0.15, 0.2) is 0 Å². The Morgan fingerprint density at radius 2 is 2.00 bits per heavy atom. The fourth-order valence-electron chi connectivity index (χ4n) is 1.25. The fraction of sp³-hybridized carbons (Fsp3) is 0.250. The van der Waals surface area contributed by atoms with Gasteiger partial charge >= 0.3 is 6.18 Å². The van der Waals surface area contributed by atoms with Crippen molar-refractivity contribution in [1.29, 1.82) is 0 Å². The van der Waals surface area contributed by atoms with Crippen LogP contribution in [0.1, 0.15) is 0 Å². The van der Waals surface area contributed by atoms with E-state index in [2.05, 4.69) is 26.0 Å². The number of rotatable bonds is 1. The van der Waals surface area contributed by atoms with Gasteiger partial charge in [-0.05, 0) is 15.9 Å². The molecular weight excluding hydrogens is 275 g/mol. The van der Waals surface area contributed by atoms with E-state index in [4.69, 9.17) is 0 Å². The van der Waals surface area contributed by atoms with Gasteiger partial charge < -0.3 is 0 Å².